The molecule has 1 atom stereocenters. The minimum Gasteiger partial charge on any atom is -0.389 e. The van der Waals surface area contributed by atoms with E-state index in [2.05, 4.69) is 16.8 Å². The summed E-state index contributed by atoms with van der Waals surface area (Å²) in [5.41, 5.74) is -0.550. The van der Waals surface area contributed by atoms with E-state index in [4.69, 9.17) is 0 Å². The molecule has 1 saturated carbocycles. The van der Waals surface area contributed by atoms with Gasteiger partial charge in [0.2, 0.25) is 5.91 Å². The third kappa shape index (κ3) is 4.93. The molecule has 0 radical (unpaired) electrons. The van der Waals surface area contributed by atoms with Gasteiger partial charge >= 0.3 is 0 Å². The van der Waals surface area contributed by atoms with Gasteiger partial charge in [0.1, 0.15) is 0 Å². The van der Waals surface area contributed by atoms with Gasteiger partial charge in [-0.25, -0.2) is 0 Å². The Bertz CT molecular complexity index is 365. The molecular formula is C17H33N3O2. The highest BCUT2D eigenvalue weighted by molar-refractivity contribution is 5.78. The molecule has 0 spiro atoms. The first kappa shape index (κ1) is 17.7. The highest BCUT2D eigenvalue weighted by Crippen LogP contribution is 2.28. The Morgan fingerprint density at radius 1 is 1.14 bits per heavy atom. The van der Waals surface area contributed by atoms with Crippen molar-refractivity contribution < 1.29 is 9.90 Å². The zero-order valence-electron chi connectivity index (χ0n) is 14.6. The Kier molecular flexibility index (Phi) is 6.24. The van der Waals surface area contributed by atoms with Crippen LogP contribution in [0, 0.1) is 5.92 Å². The standard InChI is InChI=1S/C17H33N3O2/c1-18(2)16(21)15-12-19(3)10-11-20(13-15)14-17(22)8-6-4-5-7-9-17/h15,22H,4-14H2,1-3H3/t15-/m0/s1. The molecule has 0 bridgehead atoms. The Morgan fingerprint density at radius 2 is 1.77 bits per heavy atom. The van der Waals surface area contributed by atoms with Gasteiger partial charge in [0.05, 0.1) is 11.5 Å². The minimum atomic E-state index is -0.550. The molecular weight excluding hydrogens is 278 g/mol. The number of carbonyl (C=O) groups excluding carboxylic acids is 1. The number of rotatable bonds is 3. The average molecular weight is 311 g/mol. The molecule has 0 aromatic heterocycles. The van der Waals surface area contributed by atoms with Gasteiger partial charge in [-0.1, -0.05) is 25.7 Å². The highest BCUT2D eigenvalue weighted by Gasteiger charge is 2.34. The summed E-state index contributed by atoms with van der Waals surface area (Å²) in [7, 11) is 5.74. The van der Waals surface area contributed by atoms with E-state index in [1.165, 1.54) is 12.8 Å². The second-order valence-corrected chi connectivity index (χ2v) is 7.57. The van der Waals surface area contributed by atoms with Crippen molar-refractivity contribution in [3.05, 3.63) is 0 Å². The van der Waals surface area contributed by atoms with Gasteiger partial charge in [0.15, 0.2) is 0 Å². The van der Waals surface area contributed by atoms with E-state index in [-0.39, 0.29) is 11.8 Å². The van der Waals surface area contributed by atoms with Crippen LogP contribution in [-0.4, -0.2) is 85.2 Å². The number of β-amino-alcohol motifs (C(OH)–C–C–N with tert-alkyl or cyclic N) is 1. The van der Waals surface area contributed by atoms with Crippen LogP contribution >= 0.6 is 0 Å². The van der Waals surface area contributed by atoms with Crippen LogP contribution in [0.1, 0.15) is 38.5 Å². The highest BCUT2D eigenvalue weighted by atomic mass is 16.3. The summed E-state index contributed by atoms with van der Waals surface area (Å²) in [5.74, 6) is 0.212. The van der Waals surface area contributed by atoms with Gasteiger partial charge < -0.3 is 14.9 Å². The van der Waals surface area contributed by atoms with Crippen molar-refractivity contribution in [1.82, 2.24) is 14.7 Å². The molecule has 2 aliphatic rings. The van der Waals surface area contributed by atoms with Gasteiger partial charge in [-0.15, -0.1) is 0 Å². The maximum atomic E-state index is 12.4. The van der Waals surface area contributed by atoms with Crippen LogP contribution in [0.25, 0.3) is 0 Å². The predicted octanol–water partition coefficient (Wildman–Crippen LogP) is 1.02. The lowest BCUT2D eigenvalue weighted by molar-refractivity contribution is -0.134. The van der Waals surface area contributed by atoms with E-state index in [9.17, 15) is 9.90 Å². The first-order valence-electron chi connectivity index (χ1n) is 8.74. The van der Waals surface area contributed by atoms with Gasteiger partial charge in [-0.2, -0.15) is 0 Å². The zero-order valence-corrected chi connectivity index (χ0v) is 14.6. The monoisotopic (exact) mass is 311 g/mol. The third-order valence-corrected chi connectivity index (χ3v) is 5.15. The predicted molar refractivity (Wildman–Crippen MR) is 88.8 cm³/mol. The molecule has 5 heteroatoms. The summed E-state index contributed by atoms with van der Waals surface area (Å²) in [6, 6.07) is 0. The van der Waals surface area contributed by atoms with Gasteiger partial charge in [-0.05, 0) is 19.9 Å². The van der Waals surface area contributed by atoms with E-state index < -0.39 is 5.60 Å². The van der Waals surface area contributed by atoms with E-state index in [0.29, 0.717) is 0 Å². The summed E-state index contributed by atoms with van der Waals surface area (Å²) in [6.45, 7) is 4.21. The Labute approximate surface area is 135 Å². The van der Waals surface area contributed by atoms with Crippen LogP contribution < -0.4 is 0 Å². The van der Waals surface area contributed by atoms with Crippen LogP contribution in [0.5, 0.6) is 0 Å². The van der Waals surface area contributed by atoms with Crippen LogP contribution in [0.3, 0.4) is 0 Å². The van der Waals surface area contributed by atoms with Crippen LogP contribution in [0.4, 0.5) is 0 Å². The second kappa shape index (κ2) is 7.75. The molecule has 5 nitrogen and oxygen atoms in total. The first-order valence-corrected chi connectivity index (χ1v) is 8.74. The normalized spacial score (nSPS) is 27.9. The van der Waals surface area contributed by atoms with Crippen molar-refractivity contribution >= 4 is 5.91 Å². The van der Waals surface area contributed by atoms with Gasteiger partial charge in [-0.3, -0.25) is 9.69 Å². The molecule has 1 aliphatic carbocycles. The van der Waals surface area contributed by atoms with Crippen molar-refractivity contribution in [3.8, 4) is 0 Å². The van der Waals surface area contributed by atoms with Crippen LogP contribution in [-0.2, 0) is 4.79 Å². The fraction of sp³-hybridized carbons (Fsp3) is 0.941. The molecule has 2 rings (SSSR count). The minimum absolute atomic E-state index is 0.0110. The maximum Gasteiger partial charge on any atom is 0.227 e. The lowest BCUT2D eigenvalue weighted by Crippen LogP contribution is -2.46. The Balaban J connectivity index is 2.01. The lowest BCUT2D eigenvalue weighted by Gasteiger charge is -2.34. The maximum absolute atomic E-state index is 12.4. The summed E-state index contributed by atoms with van der Waals surface area (Å²) < 4.78 is 0. The lowest BCUT2D eigenvalue weighted by atomic mass is 9.93. The second-order valence-electron chi connectivity index (χ2n) is 7.57. The zero-order chi connectivity index (χ0) is 16.2. The number of hydrogen-bond donors (Lipinski definition) is 1. The molecule has 1 heterocycles. The molecule has 2 fully saturated rings. The van der Waals surface area contributed by atoms with E-state index in [1.54, 1.807) is 4.90 Å². The number of nitrogens with zero attached hydrogens (tertiary/aromatic N) is 3. The topological polar surface area (TPSA) is 47.0 Å². The summed E-state index contributed by atoms with van der Waals surface area (Å²) in [5, 5.41) is 10.9. The molecule has 128 valence electrons. The fourth-order valence-corrected chi connectivity index (χ4v) is 3.87. The van der Waals surface area contributed by atoms with Crippen molar-refractivity contribution in [2.75, 3.05) is 53.9 Å². The average Bonchev–Trinajstić information content (AvgIpc) is 2.77. The quantitative estimate of drug-likeness (QED) is 0.791. The molecule has 22 heavy (non-hydrogen) atoms. The summed E-state index contributed by atoms with van der Waals surface area (Å²) >= 11 is 0. The molecule has 1 N–H and O–H groups in total. The molecule has 1 amide bonds. The smallest absolute Gasteiger partial charge is 0.227 e. The number of aliphatic hydroxyl groups is 1. The molecule has 0 aromatic rings. The molecule has 1 aliphatic heterocycles. The fourth-order valence-electron chi connectivity index (χ4n) is 3.87. The summed E-state index contributed by atoms with van der Waals surface area (Å²) in [6.07, 6.45) is 6.56. The Morgan fingerprint density at radius 3 is 2.36 bits per heavy atom. The molecule has 0 unspecified atom stereocenters. The third-order valence-electron chi connectivity index (χ3n) is 5.15. The van der Waals surface area contributed by atoms with E-state index in [1.807, 2.05) is 14.1 Å². The molecule has 1 saturated heterocycles. The number of hydrogen-bond acceptors (Lipinski definition) is 4. The SMILES string of the molecule is CN1CCN(CC2(O)CCCCCC2)C[C@@H](C(=O)N(C)C)C1. The number of amides is 1. The van der Waals surface area contributed by atoms with Crippen molar-refractivity contribution in [2.24, 2.45) is 5.92 Å². The van der Waals surface area contributed by atoms with E-state index >= 15 is 0 Å². The van der Waals surface area contributed by atoms with Gasteiger partial charge in [0.25, 0.3) is 0 Å². The van der Waals surface area contributed by atoms with Crippen molar-refractivity contribution in [1.29, 1.82) is 0 Å². The first-order chi connectivity index (χ1) is 10.4. The van der Waals surface area contributed by atoms with Crippen molar-refractivity contribution in [2.45, 2.75) is 44.1 Å². The summed E-state index contributed by atoms with van der Waals surface area (Å²) in [4.78, 5) is 18.6. The Hall–Kier alpha value is -0.650. The van der Waals surface area contributed by atoms with Gasteiger partial charge in [0, 0.05) is 46.8 Å². The number of carbonyl (C=O) groups is 1. The largest absolute Gasteiger partial charge is 0.389 e. The number of likely N-dealkylation sites (N-methyl/N-ethyl adjacent to an activating group) is 1. The van der Waals surface area contributed by atoms with E-state index in [0.717, 1.165) is 58.4 Å². The molecule has 0 aromatic carbocycles. The van der Waals surface area contributed by atoms with Crippen LogP contribution in [0.15, 0.2) is 0 Å². The van der Waals surface area contributed by atoms with Crippen LogP contribution in [0.2, 0.25) is 0 Å². The van der Waals surface area contributed by atoms with Crippen molar-refractivity contribution in [3.63, 3.8) is 0 Å².